The van der Waals surface area contributed by atoms with Gasteiger partial charge in [0.1, 0.15) is 12.3 Å². The maximum Gasteiger partial charge on any atom is 0.321 e. The van der Waals surface area contributed by atoms with E-state index in [0.717, 1.165) is 58.0 Å². The van der Waals surface area contributed by atoms with Gasteiger partial charge in [0.05, 0.1) is 10.8 Å². The fraction of sp³-hybridized carbons (Fsp3) is 0.763. The third-order valence-corrected chi connectivity index (χ3v) is 10.8. The van der Waals surface area contributed by atoms with E-state index in [4.69, 9.17) is 10.2 Å². The standard InChI is InChI=1S/C23H40N4O2S2.C13H25NO3.C2H6/c1-5-6-10-15-26(3)20(28)17-24-22(29)25-19(23(2)13-8-7-9-14-23)18-27(4)31-21-12-11-16-30-21;1-4-5-6-7-8-9-10(2)12(13(16)17)14-11(3)15;1-2/h11-12,16,19H,5-10,13-15,17-18H2,1-4H3,(H2,24,25,29);8-12,14-15H,4-7H2,1-3H3,(H,16,17);1-2H3/b;9-8-;. The molecule has 4 unspecified atom stereocenters. The van der Waals surface area contributed by atoms with Gasteiger partial charge in [-0.25, -0.2) is 9.10 Å². The van der Waals surface area contributed by atoms with E-state index in [1.54, 1.807) is 35.2 Å². The number of aliphatic carboxylic acids is 1. The van der Waals surface area contributed by atoms with Crippen LogP contribution in [-0.4, -0.2) is 89.4 Å². The first-order valence-corrected chi connectivity index (χ1v) is 20.5. The molecule has 0 spiro atoms. The molecule has 5 N–H and O–H groups in total. The van der Waals surface area contributed by atoms with E-state index in [9.17, 15) is 14.4 Å². The van der Waals surface area contributed by atoms with Gasteiger partial charge in [-0.3, -0.25) is 14.9 Å². The molecule has 0 aromatic carbocycles. The van der Waals surface area contributed by atoms with Crippen LogP contribution in [0.1, 0.15) is 126 Å². The second-order valence-corrected chi connectivity index (χ2v) is 15.8. The fourth-order valence-electron chi connectivity index (χ4n) is 5.78. The van der Waals surface area contributed by atoms with Gasteiger partial charge < -0.3 is 25.7 Å². The lowest BCUT2D eigenvalue weighted by atomic mass is 9.70. The summed E-state index contributed by atoms with van der Waals surface area (Å²) in [7, 11) is 3.89. The quantitative estimate of drug-likeness (QED) is 0.0369. The summed E-state index contributed by atoms with van der Waals surface area (Å²) in [5.41, 5.74) is 0.0703. The molecule has 1 fully saturated rings. The number of thiophene rings is 1. The predicted octanol–water partition coefficient (Wildman–Crippen LogP) is 8.14. The Labute approximate surface area is 312 Å². The first-order chi connectivity index (χ1) is 23.8. The summed E-state index contributed by atoms with van der Waals surface area (Å²) in [6.07, 6.45) is 16.8. The van der Waals surface area contributed by atoms with Gasteiger partial charge in [-0.15, -0.1) is 11.3 Å². The highest BCUT2D eigenvalue weighted by molar-refractivity contribution is 7.98. The largest absolute Gasteiger partial charge is 0.480 e. The third-order valence-electron chi connectivity index (χ3n) is 8.87. The molecule has 1 aromatic heterocycles. The Hall–Kier alpha value is -2.12. The van der Waals surface area contributed by atoms with Gasteiger partial charge in [0.15, 0.2) is 0 Å². The molecule has 0 bridgehead atoms. The lowest BCUT2D eigenvalue weighted by molar-refractivity contribution is -0.141. The highest BCUT2D eigenvalue weighted by Gasteiger charge is 2.37. The molecule has 1 aliphatic carbocycles. The number of hydrogen-bond donors (Lipinski definition) is 5. The second-order valence-electron chi connectivity index (χ2n) is 13.4. The van der Waals surface area contributed by atoms with Crippen molar-refractivity contribution in [2.24, 2.45) is 11.3 Å². The summed E-state index contributed by atoms with van der Waals surface area (Å²) in [6.45, 7) is 15.5. The third kappa shape index (κ3) is 21.3. The molecular weight excluding hydrogens is 671 g/mol. The minimum Gasteiger partial charge on any atom is -0.480 e. The van der Waals surface area contributed by atoms with Crippen molar-refractivity contribution < 1.29 is 24.6 Å². The number of unbranched alkanes of at least 4 members (excludes halogenated alkanes) is 5. The molecule has 3 amide bonds. The molecule has 1 aromatic rings. The number of likely N-dealkylation sites (N-methyl/N-ethyl adjacent to an activating group) is 2. The van der Waals surface area contributed by atoms with Crippen molar-refractivity contribution >= 4 is 41.2 Å². The number of amides is 3. The predicted molar refractivity (Wildman–Crippen MR) is 212 cm³/mol. The summed E-state index contributed by atoms with van der Waals surface area (Å²) in [5.74, 6) is -1.11. The Kier molecular flexibility index (Phi) is 27.3. The van der Waals surface area contributed by atoms with Crippen molar-refractivity contribution in [3.8, 4) is 0 Å². The van der Waals surface area contributed by atoms with Crippen molar-refractivity contribution in [2.45, 2.75) is 148 Å². The molecule has 1 saturated carbocycles. The normalized spacial score (nSPS) is 16.2. The van der Waals surface area contributed by atoms with Crippen LogP contribution in [0, 0.1) is 11.3 Å². The first-order valence-electron chi connectivity index (χ1n) is 18.9. The second kappa shape index (κ2) is 28.5. The Morgan fingerprint density at radius 3 is 2.24 bits per heavy atom. The summed E-state index contributed by atoms with van der Waals surface area (Å²) in [4.78, 5) is 37.7. The first kappa shape index (κ1) is 47.9. The van der Waals surface area contributed by atoms with Gasteiger partial charge in [0, 0.05) is 32.1 Å². The van der Waals surface area contributed by atoms with Crippen LogP contribution in [0.25, 0.3) is 0 Å². The maximum absolute atomic E-state index is 12.7. The number of nitrogens with one attached hydrogen (secondary N) is 3. The van der Waals surface area contributed by atoms with Crippen molar-refractivity contribution in [1.29, 1.82) is 0 Å². The van der Waals surface area contributed by atoms with Crippen molar-refractivity contribution in [3.63, 3.8) is 0 Å². The van der Waals surface area contributed by atoms with Crippen LogP contribution in [0.5, 0.6) is 0 Å². The molecule has 10 nitrogen and oxygen atoms in total. The van der Waals surface area contributed by atoms with Gasteiger partial charge in [-0.2, -0.15) is 0 Å². The molecule has 1 aliphatic rings. The van der Waals surface area contributed by atoms with Crippen LogP contribution in [0.15, 0.2) is 33.9 Å². The number of nitrogens with zero attached hydrogens (tertiary/aromatic N) is 2. The fourth-order valence-corrected chi connectivity index (χ4v) is 7.62. The van der Waals surface area contributed by atoms with E-state index >= 15 is 0 Å². The Bertz CT molecular complexity index is 1050. The molecule has 2 rings (SSSR count). The van der Waals surface area contributed by atoms with E-state index in [1.165, 1.54) is 43.2 Å². The minimum atomic E-state index is -0.934. The van der Waals surface area contributed by atoms with E-state index in [2.05, 4.69) is 65.6 Å². The summed E-state index contributed by atoms with van der Waals surface area (Å²) in [5, 5.41) is 28.9. The van der Waals surface area contributed by atoms with E-state index < -0.39 is 18.2 Å². The highest BCUT2D eigenvalue weighted by atomic mass is 32.2. The molecule has 50 heavy (non-hydrogen) atoms. The molecule has 290 valence electrons. The molecular formula is C38H71N5O5S2. The number of aliphatic hydroxyl groups excluding tert-OH is 1. The van der Waals surface area contributed by atoms with Crippen molar-refractivity contribution in [1.82, 2.24) is 25.2 Å². The van der Waals surface area contributed by atoms with Crippen molar-refractivity contribution in [3.05, 3.63) is 29.7 Å². The average Bonchev–Trinajstić information content (AvgIpc) is 3.60. The Morgan fingerprint density at radius 1 is 1.04 bits per heavy atom. The molecule has 0 radical (unpaired) electrons. The van der Waals surface area contributed by atoms with Crippen LogP contribution in [0.3, 0.4) is 0 Å². The number of carboxylic acids is 1. The maximum atomic E-state index is 12.7. The molecule has 12 heteroatoms. The summed E-state index contributed by atoms with van der Waals surface area (Å²) >= 11 is 3.45. The topological polar surface area (TPSA) is 134 Å². The highest BCUT2D eigenvalue weighted by Crippen LogP contribution is 2.40. The van der Waals surface area contributed by atoms with Crippen LogP contribution < -0.4 is 16.0 Å². The monoisotopic (exact) mass is 741 g/mol. The number of allylic oxidation sites excluding steroid dienone is 1. The molecule has 1 heterocycles. The molecule has 4 atom stereocenters. The smallest absolute Gasteiger partial charge is 0.321 e. The lowest BCUT2D eigenvalue weighted by Crippen LogP contribution is -2.55. The van der Waals surface area contributed by atoms with Crippen LogP contribution in [0.2, 0.25) is 0 Å². The van der Waals surface area contributed by atoms with Gasteiger partial charge in [0.2, 0.25) is 5.91 Å². The SMILES string of the molecule is CC.CCCCC/C=C\C(C)C(NC(C)O)C(=O)O.CCCCCN(C)C(=O)CNC(=O)NC(CN(C)Sc1cccs1)C1(C)CCCCC1. The van der Waals surface area contributed by atoms with E-state index in [1.807, 2.05) is 32.9 Å². The molecule has 0 aliphatic heterocycles. The minimum absolute atomic E-state index is 0.0302. The van der Waals surface area contributed by atoms with E-state index in [-0.39, 0.29) is 35.9 Å². The zero-order valence-electron chi connectivity index (χ0n) is 32.6. The lowest BCUT2D eigenvalue weighted by Gasteiger charge is -2.42. The zero-order chi connectivity index (χ0) is 38.0. The van der Waals surface area contributed by atoms with Crippen molar-refractivity contribution in [2.75, 3.05) is 33.7 Å². The molecule has 0 saturated heterocycles. The number of carboxylic acid groups (broad SMARTS) is 1. The van der Waals surface area contributed by atoms with Gasteiger partial charge >= 0.3 is 12.0 Å². The van der Waals surface area contributed by atoms with Crippen LogP contribution >= 0.6 is 23.3 Å². The summed E-state index contributed by atoms with van der Waals surface area (Å²) in [6, 6.07) is 3.22. The number of rotatable bonds is 21. The number of carbonyl (C=O) groups is 3. The number of hydrogen-bond acceptors (Lipinski definition) is 8. The van der Waals surface area contributed by atoms with Gasteiger partial charge in [-0.05, 0) is 74.9 Å². The van der Waals surface area contributed by atoms with Gasteiger partial charge in [-0.1, -0.05) is 105 Å². The van der Waals surface area contributed by atoms with Crippen LogP contribution in [0.4, 0.5) is 4.79 Å². The number of urea groups is 1. The average molecular weight is 742 g/mol. The Morgan fingerprint density at radius 2 is 1.68 bits per heavy atom. The van der Waals surface area contributed by atoms with E-state index in [0.29, 0.717) is 0 Å². The summed E-state index contributed by atoms with van der Waals surface area (Å²) < 4.78 is 3.46. The zero-order valence-corrected chi connectivity index (χ0v) is 34.3. The number of aliphatic hydroxyl groups is 1. The Balaban J connectivity index is 0.00000107. The number of carbonyl (C=O) groups excluding carboxylic acids is 2. The van der Waals surface area contributed by atoms with Gasteiger partial charge in [0.25, 0.3) is 0 Å². The van der Waals surface area contributed by atoms with Crippen LogP contribution in [-0.2, 0) is 9.59 Å².